The predicted octanol–water partition coefficient (Wildman–Crippen LogP) is 5.44. The zero-order valence-corrected chi connectivity index (χ0v) is 16.9. The van der Waals surface area contributed by atoms with Gasteiger partial charge >= 0.3 is 0 Å². The Morgan fingerprint density at radius 2 is 1.86 bits per heavy atom. The minimum Gasteiger partial charge on any atom is -0.497 e. The molecule has 0 unspecified atom stereocenters. The van der Waals surface area contributed by atoms with Crippen LogP contribution in [0, 0.1) is 6.92 Å². The summed E-state index contributed by atoms with van der Waals surface area (Å²) in [7, 11) is 1.67. The third kappa shape index (κ3) is 2.99. The normalized spacial score (nSPS) is 20.9. The molecular weight excluding hydrogens is 348 g/mol. The Labute approximate surface area is 166 Å². The summed E-state index contributed by atoms with van der Waals surface area (Å²) in [6, 6.07) is 18.5. The molecular formula is C24H26N2O2. The van der Waals surface area contributed by atoms with E-state index in [1.54, 1.807) is 7.11 Å². The van der Waals surface area contributed by atoms with Crippen LogP contribution in [0.4, 0.5) is 0 Å². The lowest BCUT2D eigenvalue weighted by molar-refractivity contribution is 0.0856. The van der Waals surface area contributed by atoms with Crippen molar-refractivity contribution in [2.45, 2.75) is 38.7 Å². The highest BCUT2D eigenvalue weighted by Crippen LogP contribution is 2.48. The molecule has 0 bridgehead atoms. The highest BCUT2D eigenvalue weighted by Gasteiger charge is 2.42. The van der Waals surface area contributed by atoms with Crippen LogP contribution in [0.1, 0.15) is 43.0 Å². The lowest BCUT2D eigenvalue weighted by atomic mass is 9.77. The van der Waals surface area contributed by atoms with E-state index in [1.165, 1.54) is 5.56 Å². The van der Waals surface area contributed by atoms with Crippen LogP contribution >= 0.6 is 0 Å². The molecule has 4 heteroatoms. The second-order valence-corrected chi connectivity index (χ2v) is 7.69. The summed E-state index contributed by atoms with van der Waals surface area (Å²) in [5.41, 5.74) is 4.92. The molecule has 144 valence electrons. The first-order valence-corrected chi connectivity index (χ1v) is 9.57. The van der Waals surface area contributed by atoms with Gasteiger partial charge in [-0.25, -0.2) is 4.68 Å². The fourth-order valence-corrected chi connectivity index (χ4v) is 3.89. The number of hydrogen-bond acceptors (Lipinski definition) is 3. The van der Waals surface area contributed by atoms with Gasteiger partial charge in [-0.3, -0.25) is 0 Å². The Bertz CT molecular complexity index is 1010. The molecule has 1 aliphatic heterocycles. The molecule has 0 saturated heterocycles. The van der Waals surface area contributed by atoms with Crippen LogP contribution in [-0.4, -0.2) is 22.5 Å². The highest BCUT2D eigenvalue weighted by atomic mass is 16.5. The van der Waals surface area contributed by atoms with Crippen molar-refractivity contribution in [3.8, 4) is 17.3 Å². The molecule has 0 fully saturated rings. The molecule has 0 N–H and O–H groups in total. The molecule has 4 nitrogen and oxygen atoms in total. The van der Waals surface area contributed by atoms with Crippen molar-refractivity contribution < 1.29 is 9.47 Å². The second-order valence-electron chi connectivity index (χ2n) is 7.69. The molecule has 0 saturated carbocycles. The Kier molecular flexibility index (Phi) is 4.50. The van der Waals surface area contributed by atoms with Crippen molar-refractivity contribution in [3.63, 3.8) is 0 Å². The van der Waals surface area contributed by atoms with Crippen molar-refractivity contribution in [2.24, 2.45) is 0 Å². The van der Waals surface area contributed by atoms with E-state index in [1.807, 2.05) is 35.9 Å². The summed E-state index contributed by atoms with van der Waals surface area (Å²) in [4.78, 5) is 0. The smallest absolute Gasteiger partial charge is 0.221 e. The minimum atomic E-state index is -0.454. The van der Waals surface area contributed by atoms with E-state index in [0.29, 0.717) is 0 Å². The van der Waals surface area contributed by atoms with Crippen molar-refractivity contribution >= 4 is 0 Å². The molecule has 28 heavy (non-hydrogen) atoms. The van der Waals surface area contributed by atoms with Crippen molar-refractivity contribution in [1.29, 1.82) is 0 Å². The summed E-state index contributed by atoms with van der Waals surface area (Å²) >= 11 is 0. The lowest BCUT2D eigenvalue weighted by Gasteiger charge is -2.39. The molecule has 1 aromatic heterocycles. The number of methoxy groups -OCH3 is 1. The van der Waals surface area contributed by atoms with Gasteiger partial charge in [-0.1, -0.05) is 36.9 Å². The molecule has 0 aliphatic carbocycles. The van der Waals surface area contributed by atoms with E-state index in [4.69, 9.17) is 14.6 Å². The van der Waals surface area contributed by atoms with E-state index in [9.17, 15) is 0 Å². The van der Waals surface area contributed by atoms with Crippen LogP contribution in [0.15, 0.2) is 66.7 Å². The monoisotopic (exact) mass is 374 g/mol. The first-order chi connectivity index (χ1) is 13.4. The minimum absolute atomic E-state index is 0.207. The first-order valence-electron chi connectivity index (χ1n) is 9.57. The van der Waals surface area contributed by atoms with Crippen molar-refractivity contribution in [3.05, 3.63) is 83.6 Å². The van der Waals surface area contributed by atoms with Gasteiger partial charge in [-0.15, -0.1) is 0 Å². The largest absolute Gasteiger partial charge is 0.497 e. The molecule has 2 heterocycles. The van der Waals surface area contributed by atoms with Crippen molar-refractivity contribution in [2.75, 3.05) is 7.11 Å². The van der Waals surface area contributed by atoms with Gasteiger partial charge in [0.2, 0.25) is 5.88 Å². The summed E-state index contributed by atoms with van der Waals surface area (Å²) < 4.78 is 13.8. The molecule has 0 amide bonds. The van der Waals surface area contributed by atoms with E-state index in [0.717, 1.165) is 40.6 Å². The Morgan fingerprint density at radius 1 is 1.18 bits per heavy atom. The van der Waals surface area contributed by atoms with Crippen LogP contribution in [0.2, 0.25) is 0 Å². The van der Waals surface area contributed by atoms with Crippen LogP contribution in [0.3, 0.4) is 0 Å². The van der Waals surface area contributed by atoms with E-state index in [2.05, 4.69) is 50.8 Å². The molecule has 0 spiro atoms. The zero-order chi connectivity index (χ0) is 19.9. The summed E-state index contributed by atoms with van der Waals surface area (Å²) in [6.45, 7) is 10.4. The molecule has 1 aliphatic rings. The number of nitrogens with zero attached hydrogens (tertiary/aromatic N) is 2. The SMILES string of the molecule is C=C(C)[C@]1(C)C[C@H](c2ccccc2)c2c(C)nn(-c3ccc(OC)cc3)c2O1. The average molecular weight is 374 g/mol. The molecule has 0 radical (unpaired) electrons. The second kappa shape index (κ2) is 6.86. The Balaban J connectivity index is 1.89. The number of rotatable bonds is 4. The summed E-state index contributed by atoms with van der Waals surface area (Å²) in [5.74, 6) is 1.82. The topological polar surface area (TPSA) is 36.3 Å². The van der Waals surface area contributed by atoms with E-state index < -0.39 is 5.60 Å². The quantitative estimate of drug-likeness (QED) is 0.571. The standard InChI is InChI=1S/C24H26N2O2/c1-16(2)24(4)15-21(18-9-7-6-8-10-18)22-17(3)25-26(23(22)28-24)19-11-13-20(27-5)14-12-19/h6-14,21H,1,15H2,2-5H3/t21-,24+/m1/s1. The Hall–Kier alpha value is -3.01. The van der Waals surface area contributed by atoms with Gasteiger partial charge in [0.25, 0.3) is 0 Å². The van der Waals surface area contributed by atoms with Crippen LogP contribution < -0.4 is 9.47 Å². The number of benzene rings is 2. The summed E-state index contributed by atoms with van der Waals surface area (Å²) in [6.07, 6.45) is 0.842. The number of fused-ring (bicyclic) bond motifs is 1. The van der Waals surface area contributed by atoms with E-state index >= 15 is 0 Å². The van der Waals surface area contributed by atoms with Crippen LogP contribution in [0.25, 0.3) is 5.69 Å². The highest BCUT2D eigenvalue weighted by molar-refractivity contribution is 5.50. The van der Waals surface area contributed by atoms with Gasteiger partial charge in [0.1, 0.15) is 11.4 Å². The van der Waals surface area contributed by atoms with Crippen LogP contribution in [-0.2, 0) is 0 Å². The molecule has 4 rings (SSSR count). The first kappa shape index (κ1) is 18.4. The van der Waals surface area contributed by atoms with Gasteiger partial charge in [0.05, 0.1) is 18.5 Å². The maximum absolute atomic E-state index is 6.57. The maximum Gasteiger partial charge on any atom is 0.221 e. The van der Waals surface area contributed by atoms with Gasteiger partial charge in [0.15, 0.2) is 0 Å². The average Bonchev–Trinajstić information content (AvgIpc) is 3.04. The zero-order valence-electron chi connectivity index (χ0n) is 16.9. The maximum atomic E-state index is 6.57. The van der Waals surface area contributed by atoms with Gasteiger partial charge in [-0.05, 0) is 56.2 Å². The summed E-state index contributed by atoms with van der Waals surface area (Å²) in [5, 5.41) is 4.84. The molecule has 2 aromatic carbocycles. The molecule has 3 aromatic rings. The van der Waals surface area contributed by atoms with Gasteiger partial charge < -0.3 is 9.47 Å². The number of ether oxygens (including phenoxy) is 2. The number of aromatic nitrogens is 2. The van der Waals surface area contributed by atoms with E-state index in [-0.39, 0.29) is 5.92 Å². The lowest BCUT2D eigenvalue weighted by Crippen LogP contribution is -2.39. The fraction of sp³-hybridized carbons (Fsp3) is 0.292. The van der Waals surface area contributed by atoms with Gasteiger partial charge in [0, 0.05) is 17.9 Å². The Morgan fingerprint density at radius 3 is 2.46 bits per heavy atom. The fourth-order valence-electron chi connectivity index (χ4n) is 3.89. The molecule has 2 atom stereocenters. The number of aryl methyl sites for hydroxylation is 1. The van der Waals surface area contributed by atoms with Crippen molar-refractivity contribution in [1.82, 2.24) is 9.78 Å². The third-order valence-corrected chi connectivity index (χ3v) is 5.75. The van der Waals surface area contributed by atoms with Gasteiger partial charge in [-0.2, -0.15) is 5.10 Å². The van der Waals surface area contributed by atoms with Crippen LogP contribution in [0.5, 0.6) is 11.6 Å². The third-order valence-electron chi connectivity index (χ3n) is 5.75. The predicted molar refractivity (Wildman–Crippen MR) is 112 cm³/mol. The number of hydrogen-bond donors (Lipinski definition) is 0.